The number of nitrogens with zero attached hydrogens (tertiary/aromatic N) is 1. The molecule has 1 fully saturated rings. The van der Waals surface area contributed by atoms with Crippen molar-refractivity contribution in [1.82, 2.24) is 4.31 Å². The summed E-state index contributed by atoms with van der Waals surface area (Å²) in [4.78, 5) is 0.0792. The second-order valence-corrected chi connectivity index (χ2v) is 8.81. The summed E-state index contributed by atoms with van der Waals surface area (Å²) in [5.74, 6) is 0.281. The Bertz CT molecular complexity index is 685. The molecule has 0 saturated carbocycles. The van der Waals surface area contributed by atoms with Crippen molar-refractivity contribution in [3.05, 3.63) is 23.2 Å². The fraction of sp³-hybridized carbons (Fsp3) is 0.647. The average Bonchev–Trinajstić information content (AvgIpc) is 2.56. The lowest BCUT2D eigenvalue weighted by Crippen LogP contribution is -2.51. The average molecular weight is 427 g/mol. The van der Waals surface area contributed by atoms with E-state index in [4.69, 9.17) is 26.8 Å². The topological polar surface area (TPSA) is 81.9 Å². The Balaban J connectivity index is 0.00000338. The fourth-order valence-corrected chi connectivity index (χ4v) is 5.31. The number of hydrogen-bond donors (Lipinski definition) is 1. The Morgan fingerprint density at radius 3 is 2.65 bits per heavy atom. The van der Waals surface area contributed by atoms with Gasteiger partial charge < -0.3 is 15.2 Å². The summed E-state index contributed by atoms with van der Waals surface area (Å²) in [5.41, 5.74) is 6.04. The van der Waals surface area contributed by atoms with Gasteiger partial charge in [0.25, 0.3) is 0 Å². The summed E-state index contributed by atoms with van der Waals surface area (Å²) >= 11 is 6.07. The second-order valence-electron chi connectivity index (χ2n) is 6.51. The number of piperidine rings is 1. The molecule has 1 heterocycles. The molecule has 1 aromatic carbocycles. The van der Waals surface area contributed by atoms with Crippen LogP contribution in [0, 0.1) is 0 Å². The number of hydrogen-bond acceptors (Lipinski definition) is 5. The van der Waals surface area contributed by atoms with Crippen LogP contribution >= 0.6 is 24.0 Å². The molecule has 1 saturated heterocycles. The van der Waals surface area contributed by atoms with E-state index >= 15 is 0 Å². The van der Waals surface area contributed by atoms with Crippen molar-refractivity contribution in [1.29, 1.82) is 0 Å². The number of benzene rings is 1. The number of halogens is 2. The Morgan fingerprint density at radius 1 is 1.35 bits per heavy atom. The van der Waals surface area contributed by atoms with Crippen molar-refractivity contribution < 1.29 is 17.9 Å². The lowest BCUT2D eigenvalue weighted by molar-refractivity contribution is 0.0899. The summed E-state index contributed by atoms with van der Waals surface area (Å²) in [6, 6.07) is 4.19. The van der Waals surface area contributed by atoms with Crippen LogP contribution in [0.4, 0.5) is 0 Å². The summed E-state index contributed by atoms with van der Waals surface area (Å²) < 4.78 is 39.0. The van der Waals surface area contributed by atoms with E-state index in [9.17, 15) is 8.42 Å². The first-order valence-corrected chi connectivity index (χ1v) is 10.3. The van der Waals surface area contributed by atoms with Crippen LogP contribution in [0.2, 0.25) is 5.02 Å². The van der Waals surface area contributed by atoms with Gasteiger partial charge in [0.15, 0.2) is 0 Å². The normalized spacial score (nSPS) is 20.9. The number of sulfonamides is 1. The standard InChI is InChI=1S/C17H27ClN2O4S.ClH/c1-12(11-23-3)24-16-8-7-14(18)10-17(16)25(21,22)20-9-5-4-6-15(20)13(2)19;/h7-8,10,12-13,15H,4-6,9,11,19H2,1-3H3;1H. The van der Waals surface area contributed by atoms with Crippen molar-refractivity contribution in [3.8, 4) is 5.75 Å². The lowest BCUT2D eigenvalue weighted by Gasteiger charge is -2.37. The Labute approximate surface area is 167 Å². The van der Waals surface area contributed by atoms with E-state index in [2.05, 4.69) is 0 Å². The van der Waals surface area contributed by atoms with E-state index in [1.807, 2.05) is 13.8 Å². The van der Waals surface area contributed by atoms with Crippen LogP contribution in [0.15, 0.2) is 23.1 Å². The van der Waals surface area contributed by atoms with Gasteiger partial charge in [-0.05, 0) is 44.9 Å². The van der Waals surface area contributed by atoms with Gasteiger partial charge in [-0.25, -0.2) is 8.42 Å². The fourth-order valence-electron chi connectivity index (χ4n) is 3.15. The van der Waals surface area contributed by atoms with Crippen molar-refractivity contribution in [3.63, 3.8) is 0 Å². The van der Waals surface area contributed by atoms with E-state index in [-0.39, 0.29) is 41.2 Å². The molecule has 150 valence electrons. The second kappa shape index (κ2) is 10.1. The molecule has 1 aliphatic rings. The molecule has 2 N–H and O–H groups in total. The third-order valence-corrected chi connectivity index (χ3v) is 6.51. The lowest BCUT2D eigenvalue weighted by atomic mass is 10.00. The highest BCUT2D eigenvalue weighted by atomic mass is 35.5. The summed E-state index contributed by atoms with van der Waals surface area (Å²) in [6.45, 7) is 4.47. The van der Waals surface area contributed by atoms with Gasteiger partial charge in [-0.1, -0.05) is 18.0 Å². The maximum absolute atomic E-state index is 13.3. The van der Waals surface area contributed by atoms with Crippen LogP contribution in [0.1, 0.15) is 33.1 Å². The van der Waals surface area contributed by atoms with Gasteiger partial charge in [0.1, 0.15) is 16.7 Å². The molecule has 3 unspecified atom stereocenters. The van der Waals surface area contributed by atoms with E-state index in [1.165, 1.54) is 10.4 Å². The van der Waals surface area contributed by atoms with Crippen LogP contribution < -0.4 is 10.5 Å². The third kappa shape index (κ3) is 5.47. The molecule has 0 aliphatic carbocycles. The van der Waals surface area contributed by atoms with Gasteiger partial charge >= 0.3 is 0 Å². The first kappa shape index (κ1) is 23.5. The first-order valence-electron chi connectivity index (χ1n) is 8.50. The van der Waals surface area contributed by atoms with E-state index < -0.39 is 10.0 Å². The van der Waals surface area contributed by atoms with Crippen LogP contribution in [-0.4, -0.2) is 51.2 Å². The molecule has 0 spiro atoms. The highest BCUT2D eigenvalue weighted by molar-refractivity contribution is 7.89. The van der Waals surface area contributed by atoms with Crippen LogP contribution in [0.5, 0.6) is 5.75 Å². The molecule has 0 aromatic heterocycles. The highest BCUT2D eigenvalue weighted by Gasteiger charge is 2.37. The van der Waals surface area contributed by atoms with Gasteiger partial charge in [-0.15, -0.1) is 12.4 Å². The number of rotatable bonds is 7. The first-order chi connectivity index (χ1) is 11.8. The van der Waals surface area contributed by atoms with Gasteiger partial charge in [0, 0.05) is 30.8 Å². The number of ether oxygens (including phenoxy) is 2. The Kier molecular flexibility index (Phi) is 9.12. The molecule has 9 heteroatoms. The molecule has 3 atom stereocenters. The predicted octanol–water partition coefficient (Wildman–Crippen LogP) is 3.07. The van der Waals surface area contributed by atoms with Crippen LogP contribution in [0.3, 0.4) is 0 Å². The zero-order valence-corrected chi connectivity index (χ0v) is 17.7. The van der Waals surface area contributed by atoms with Crippen molar-refractivity contribution >= 4 is 34.0 Å². The summed E-state index contributed by atoms with van der Waals surface area (Å²) in [6.07, 6.45) is 2.26. The monoisotopic (exact) mass is 426 g/mol. The molecule has 26 heavy (non-hydrogen) atoms. The molecule has 1 aromatic rings. The third-order valence-electron chi connectivity index (χ3n) is 4.33. The SMILES string of the molecule is COCC(C)Oc1ccc(Cl)cc1S(=O)(=O)N1CCCCC1C(C)N.Cl. The molecule has 1 aliphatic heterocycles. The minimum absolute atomic E-state index is 0. The summed E-state index contributed by atoms with van der Waals surface area (Å²) in [7, 11) is -2.20. The molecular weight excluding hydrogens is 399 g/mol. The number of methoxy groups -OCH3 is 1. The Hall–Kier alpha value is -0.570. The predicted molar refractivity (Wildman–Crippen MR) is 106 cm³/mol. The van der Waals surface area contributed by atoms with Gasteiger partial charge in [-0.3, -0.25) is 0 Å². The van der Waals surface area contributed by atoms with Crippen LogP contribution in [0.25, 0.3) is 0 Å². The maximum Gasteiger partial charge on any atom is 0.247 e. The van der Waals surface area contributed by atoms with Gasteiger partial charge in [0.2, 0.25) is 10.0 Å². The molecule has 2 rings (SSSR count). The van der Waals surface area contributed by atoms with E-state index in [1.54, 1.807) is 19.2 Å². The highest BCUT2D eigenvalue weighted by Crippen LogP contribution is 2.34. The minimum Gasteiger partial charge on any atom is -0.487 e. The van der Waals surface area contributed by atoms with E-state index in [0.717, 1.165) is 19.3 Å². The van der Waals surface area contributed by atoms with Gasteiger partial charge in [-0.2, -0.15) is 4.31 Å². The largest absolute Gasteiger partial charge is 0.487 e. The zero-order chi connectivity index (χ0) is 18.6. The molecule has 0 radical (unpaired) electrons. The smallest absolute Gasteiger partial charge is 0.247 e. The minimum atomic E-state index is -3.77. The van der Waals surface area contributed by atoms with E-state index in [0.29, 0.717) is 18.2 Å². The number of nitrogens with two attached hydrogens (primary N) is 1. The molecule has 6 nitrogen and oxygen atoms in total. The zero-order valence-electron chi connectivity index (χ0n) is 15.4. The van der Waals surface area contributed by atoms with Crippen molar-refractivity contribution in [2.24, 2.45) is 5.73 Å². The molecular formula is C17H28Cl2N2O4S. The maximum atomic E-state index is 13.3. The quantitative estimate of drug-likeness (QED) is 0.723. The van der Waals surface area contributed by atoms with Crippen LogP contribution in [-0.2, 0) is 14.8 Å². The van der Waals surface area contributed by atoms with Crippen molar-refractivity contribution in [2.45, 2.75) is 56.2 Å². The molecule has 0 amide bonds. The Morgan fingerprint density at radius 2 is 2.04 bits per heavy atom. The van der Waals surface area contributed by atoms with Crippen molar-refractivity contribution in [2.75, 3.05) is 20.3 Å². The molecule has 0 bridgehead atoms. The summed E-state index contributed by atoms with van der Waals surface area (Å²) in [5, 5.41) is 0.347. The van der Waals surface area contributed by atoms with Gasteiger partial charge in [0.05, 0.1) is 6.61 Å².